The second kappa shape index (κ2) is 9.28. The first kappa shape index (κ1) is 16.6. The number of methoxy groups -OCH3 is 1. The number of thioether (sulfide) groups is 1. The molecule has 2 nitrogen and oxygen atoms in total. The number of hydrogen-bond acceptors (Lipinski definition) is 5. The zero-order valence-corrected chi connectivity index (χ0v) is 14.6. The van der Waals surface area contributed by atoms with Crippen molar-refractivity contribution in [2.24, 2.45) is 0 Å². The van der Waals surface area contributed by atoms with Gasteiger partial charge in [-0.05, 0) is 36.1 Å². The maximum absolute atomic E-state index is 11.0. The molecule has 0 aliphatic rings. The molecule has 0 atom stereocenters. The van der Waals surface area contributed by atoms with Crippen LogP contribution >= 0.6 is 34.4 Å². The number of carbonyl (C=O) groups is 1. The Balaban J connectivity index is 1.58. The number of hydrogen-bond donors (Lipinski definition) is 0. The number of carbonyl (C=O) groups excluding carboxylic acids is 1. The molecule has 2 heterocycles. The highest BCUT2D eigenvalue weighted by molar-refractivity contribution is 7.99. The molecule has 0 fully saturated rings. The van der Waals surface area contributed by atoms with Crippen LogP contribution in [0.1, 0.15) is 32.1 Å². The molecule has 0 radical (unpaired) electrons. The molecule has 0 aliphatic heterocycles. The Kier molecular flexibility index (Phi) is 7.33. The highest BCUT2D eigenvalue weighted by atomic mass is 32.2. The molecule has 2 rings (SSSR count). The largest absolute Gasteiger partial charge is 0.469 e. The van der Waals surface area contributed by atoms with Crippen molar-refractivity contribution in [3.05, 3.63) is 29.0 Å². The molecule has 0 aromatic carbocycles. The Morgan fingerprint density at radius 2 is 2.05 bits per heavy atom. The van der Waals surface area contributed by atoms with Gasteiger partial charge in [0.05, 0.1) is 7.11 Å². The number of ether oxygens (including phenoxy) is 1. The van der Waals surface area contributed by atoms with E-state index in [1.165, 1.54) is 34.6 Å². The summed E-state index contributed by atoms with van der Waals surface area (Å²) in [6.07, 6.45) is 5.00. The molecular weight excluding hydrogens is 320 g/mol. The topological polar surface area (TPSA) is 26.3 Å². The van der Waals surface area contributed by atoms with Crippen LogP contribution in [0.3, 0.4) is 0 Å². The van der Waals surface area contributed by atoms with Crippen LogP contribution in [-0.4, -0.2) is 18.8 Å². The lowest BCUT2D eigenvalue weighted by atomic mass is 10.1. The van der Waals surface area contributed by atoms with E-state index in [1.54, 1.807) is 11.3 Å². The van der Waals surface area contributed by atoms with Crippen molar-refractivity contribution in [1.82, 2.24) is 0 Å². The lowest BCUT2D eigenvalue weighted by Crippen LogP contribution is -1.99. The molecular formula is C16H20O2S3. The summed E-state index contributed by atoms with van der Waals surface area (Å²) in [6, 6.07) is 6.56. The van der Waals surface area contributed by atoms with Crippen molar-refractivity contribution in [3.63, 3.8) is 0 Å². The average Bonchev–Trinajstić information content (AvgIpc) is 3.16. The van der Waals surface area contributed by atoms with Crippen LogP contribution in [-0.2, 0) is 9.53 Å². The van der Waals surface area contributed by atoms with Crippen LogP contribution in [0.2, 0.25) is 0 Å². The summed E-state index contributed by atoms with van der Waals surface area (Å²) < 4.78 is 4.63. The molecule has 0 saturated carbocycles. The second-order valence-electron chi connectivity index (χ2n) is 4.71. The fourth-order valence-electron chi connectivity index (χ4n) is 1.96. The van der Waals surface area contributed by atoms with Crippen LogP contribution in [0, 0.1) is 0 Å². The van der Waals surface area contributed by atoms with Crippen LogP contribution in [0.25, 0.3) is 9.75 Å². The number of rotatable bonds is 9. The number of thiophene rings is 2. The monoisotopic (exact) mass is 340 g/mol. The third-order valence-corrected chi connectivity index (χ3v) is 6.32. The van der Waals surface area contributed by atoms with Gasteiger partial charge >= 0.3 is 5.97 Å². The Labute approximate surface area is 138 Å². The van der Waals surface area contributed by atoms with Crippen LogP contribution in [0.4, 0.5) is 0 Å². The van der Waals surface area contributed by atoms with E-state index in [0.717, 1.165) is 18.6 Å². The van der Waals surface area contributed by atoms with E-state index in [4.69, 9.17) is 0 Å². The first-order valence-electron chi connectivity index (χ1n) is 7.11. The van der Waals surface area contributed by atoms with Gasteiger partial charge in [-0.2, -0.15) is 0 Å². The lowest BCUT2D eigenvalue weighted by Gasteiger charge is -2.00. The summed E-state index contributed by atoms with van der Waals surface area (Å²) in [5.41, 5.74) is 0. The van der Waals surface area contributed by atoms with Crippen molar-refractivity contribution < 1.29 is 9.53 Å². The van der Waals surface area contributed by atoms with E-state index in [1.807, 2.05) is 23.1 Å². The van der Waals surface area contributed by atoms with Gasteiger partial charge in [-0.3, -0.25) is 4.79 Å². The van der Waals surface area contributed by atoms with E-state index >= 15 is 0 Å². The van der Waals surface area contributed by atoms with Gasteiger partial charge in [-0.25, -0.2) is 0 Å². The molecule has 0 N–H and O–H groups in total. The van der Waals surface area contributed by atoms with E-state index in [9.17, 15) is 4.79 Å². The van der Waals surface area contributed by atoms with E-state index in [2.05, 4.69) is 33.7 Å². The maximum Gasteiger partial charge on any atom is 0.305 e. The van der Waals surface area contributed by atoms with Gasteiger partial charge in [0.2, 0.25) is 0 Å². The summed E-state index contributed by atoms with van der Waals surface area (Å²) in [5, 5.41) is 4.37. The summed E-state index contributed by atoms with van der Waals surface area (Å²) in [6.45, 7) is 0. The van der Waals surface area contributed by atoms with E-state index < -0.39 is 0 Å². The second-order valence-corrected chi connectivity index (χ2v) is 7.74. The first-order chi connectivity index (χ1) is 10.3. The Morgan fingerprint density at radius 1 is 1.19 bits per heavy atom. The lowest BCUT2D eigenvalue weighted by molar-refractivity contribution is -0.140. The summed E-state index contributed by atoms with van der Waals surface area (Å²) in [5.74, 6) is 1.06. The average molecular weight is 341 g/mol. The van der Waals surface area contributed by atoms with Crippen molar-refractivity contribution in [1.29, 1.82) is 0 Å². The quantitative estimate of drug-likeness (QED) is 0.333. The summed E-state index contributed by atoms with van der Waals surface area (Å²) in [4.78, 5) is 15.1. The predicted molar refractivity (Wildman–Crippen MR) is 93.5 cm³/mol. The first-order valence-corrected chi connectivity index (χ1v) is 9.86. The fraction of sp³-hybridized carbons (Fsp3) is 0.438. The van der Waals surface area contributed by atoms with Crippen LogP contribution < -0.4 is 0 Å². The zero-order valence-electron chi connectivity index (χ0n) is 12.2. The van der Waals surface area contributed by atoms with Gasteiger partial charge in [0.15, 0.2) is 0 Å². The molecule has 2 aromatic heterocycles. The molecule has 2 aromatic rings. The van der Waals surface area contributed by atoms with Crippen molar-refractivity contribution in [3.8, 4) is 9.75 Å². The zero-order chi connectivity index (χ0) is 14.9. The molecule has 0 saturated heterocycles. The fourth-order valence-corrected chi connectivity index (χ4v) is 4.85. The molecule has 21 heavy (non-hydrogen) atoms. The van der Waals surface area contributed by atoms with Crippen LogP contribution in [0.15, 0.2) is 33.9 Å². The van der Waals surface area contributed by atoms with Gasteiger partial charge in [0.25, 0.3) is 0 Å². The number of esters is 1. The predicted octanol–water partition coefficient (Wildman–Crippen LogP) is 5.69. The van der Waals surface area contributed by atoms with Crippen molar-refractivity contribution in [2.45, 2.75) is 37.0 Å². The van der Waals surface area contributed by atoms with Gasteiger partial charge < -0.3 is 4.74 Å². The van der Waals surface area contributed by atoms with Gasteiger partial charge in [0.1, 0.15) is 0 Å². The third-order valence-electron chi connectivity index (χ3n) is 3.11. The normalized spacial score (nSPS) is 10.7. The molecule has 0 amide bonds. The number of unbranched alkanes of at least 4 members (excludes halogenated alkanes) is 3. The SMILES string of the molecule is COC(=O)CCCCCCSc1csc(-c2cccs2)c1. The smallest absolute Gasteiger partial charge is 0.305 e. The molecule has 0 spiro atoms. The standard InChI is InChI=1S/C16H20O2S3/c1-18-16(17)8-4-2-3-5-9-19-13-11-15(21-12-13)14-7-6-10-20-14/h6-7,10-12H,2-5,8-9H2,1H3. The van der Waals surface area contributed by atoms with Gasteiger partial charge in [0, 0.05) is 26.5 Å². The minimum absolute atomic E-state index is 0.0937. The summed E-state index contributed by atoms with van der Waals surface area (Å²) >= 11 is 5.55. The molecule has 114 valence electrons. The van der Waals surface area contributed by atoms with E-state index in [-0.39, 0.29) is 5.97 Å². The summed E-state index contributed by atoms with van der Waals surface area (Å²) in [7, 11) is 1.45. The molecule has 0 bridgehead atoms. The highest BCUT2D eigenvalue weighted by Gasteiger charge is 2.04. The van der Waals surface area contributed by atoms with Gasteiger partial charge in [-0.1, -0.05) is 18.9 Å². The molecule has 0 unspecified atom stereocenters. The highest BCUT2D eigenvalue weighted by Crippen LogP contribution is 2.34. The molecule has 0 aliphatic carbocycles. The molecule has 5 heteroatoms. The van der Waals surface area contributed by atoms with E-state index in [0.29, 0.717) is 6.42 Å². The van der Waals surface area contributed by atoms with Crippen molar-refractivity contribution in [2.75, 3.05) is 12.9 Å². The van der Waals surface area contributed by atoms with Crippen LogP contribution in [0.5, 0.6) is 0 Å². The minimum Gasteiger partial charge on any atom is -0.469 e. The maximum atomic E-state index is 11.0. The minimum atomic E-state index is -0.0937. The Bertz CT molecular complexity index is 531. The van der Waals surface area contributed by atoms with Crippen molar-refractivity contribution >= 4 is 40.4 Å². The Hall–Kier alpha value is -0.780. The third kappa shape index (κ3) is 5.85. The van der Waals surface area contributed by atoms with Gasteiger partial charge in [-0.15, -0.1) is 34.4 Å². The Morgan fingerprint density at radius 3 is 2.81 bits per heavy atom.